The summed E-state index contributed by atoms with van der Waals surface area (Å²) in [4.78, 5) is 16.9. The zero-order valence-corrected chi connectivity index (χ0v) is 18.4. The molecule has 0 aromatic heterocycles. The largest absolute Gasteiger partial charge is 0.505 e. The van der Waals surface area contributed by atoms with E-state index in [1.54, 1.807) is 12.1 Å². The second-order valence-corrected chi connectivity index (χ2v) is 8.19. The van der Waals surface area contributed by atoms with Crippen molar-refractivity contribution in [2.45, 2.75) is 51.6 Å². The summed E-state index contributed by atoms with van der Waals surface area (Å²) in [5.41, 5.74) is 2.52. The van der Waals surface area contributed by atoms with Crippen LogP contribution in [-0.2, 0) is 22.6 Å². The van der Waals surface area contributed by atoms with E-state index in [-0.39, 0.29) is 18.3 Å². The topological polar surface area (TPSA) is 53.0 Å². The van der Waals surface area contributed by atoms with Crippen molar-refractivity contribution in [2.24, 2.45) is 0 Å². The molecule has 5 nitrogen and oxygen atoms in total. The van der Waals surface area contributed by atoms with Gasteiger partial charge in [-0.2, -0.15) is 0 Å². The number of methoxy groups -OCH3 is 1. The second-order valence-electron chi connectivity index (χ2n) is 8.19. The summed E-state index contributed by atoms with van der Waals surface area (Å²) < 4.78 is 19.0. The van der Waals surface area contributed by atoms with Crippen molar-refractivity contribution in [1.82, 2.24) is 4.90 Å². The number of nitrogens with zero attached hydrogens (tertiary/aromatic N) is 2. The Morgan fingerprint density at radius 3 is 2.48 bits per heavy atom. The van der Waals surface area contributed by atoms with Crippen LogP contribution in [0.2, 0.25) is 0 Å². The number of ether oxygens (including phenoxy) is 1. The zero-order chi connectivity index (χ0) is 22.1. The van der Waals surface area contributed by atoms with E-state index < -0.39 is 5.82 Å². The number of carbonyl (C=O) groups excluding carboxylic acids is 1. The van der Waals surface area contributed by atoms with Crippen molar-refractivity contribution in [3.8, 4) is 5.75 Å². The Bertz CT molecular complexity index is 858. The number of rotatable bonds is 4. The van der Waals surface area contributed by atoms with Crippen LogP contribution in [0.3, 0.4) is 0 Å². The molecule has 0 radical (unpaired) electrons. The van der Waals surface area contributed by atoms with Crippen LogP contribution in [0.25, 0.3) is 0 Å². The maximum atomic E-state index is 13.9. The summed E-state index contributed by atoms with van der Waals surface area (Å²) in [6.45, 7) is 2.63. The number of phenols is 1. The van der Waals surface area contributed by atoms with Crippen molar-refractivity contribution in [1.29, 1.82) is 0 Å². The van der Waals surface area contributed by atoms with Crippen LogP contribution >= 0.6 is 0 Å². The molecule has 1 amide bonds. The number of hydrogen-bond acceptors (Lipinski definition) is 4. The quantitative estimate of drug-likeness (QED) is 0.755. The maximum Gasteiger partial charge on any atom is 0.252 e. The number of anilines is 1. The van der Waals surface area contributed by atoms with Gasteiger partial charge in [-0.05, 0) is 37.1 Å². The molecule has 6 heteroatoms. The summed E-state index contributed by atoms with van der Waals surface area (Å²) in [6.07, 6.45) is 6.56. The summed E-state index contributed by atoms with van der Waals surface area (Å²) >= 11 is 0. The number of phenolic OH excluding ortho intramolecular Hbond substituents is 1. The lowest BCUT2D eigenvalue weighted by molar-refractivity contribution is -0.122. The third kappa shape index (κ3) is 6.52. The Kier molecular flexibility index (Phi) is 8.85. The number of carbonyl (C=O) groups is 1. The molecular formula is C25H33FN2O3. The maximum absolute atomic E-state index is 13.9. The minimum atomic E-state index is -0.597. The van der Waals surface area contributed by atoms with Gasteiger partial charge in [0.1, 0.15) is 6.61 Å². The average molecular weight is 429 g/mol. The van der Waals surface area contributed by atoms with Gasteiger partial charge in [-0.3, -0.25) is 9.69 Å². The molecule has 31 heavy (non-hydrogen) atoms. The van der Waals surface area contributed by atoms with Crippen LogP contribution in [0.5, 0.6) is 5.75 Å². The third-order valence-electron chi connectivity index (χ3n) is 5.82. The predicted molar refractivity (Wildman–Crippen MR) is 121 cm³/mol. The lowest BCUT2D eigenvalue weighted by Gasteiger charge is -2.28. The van der Waals surface area contributed by atoms with Gasteiger partial charge in [-0.25, -0.2) is 4.39 Å². The molecule has 168 valence electrons. The molecule has 0 spiro atoms. The Morgan fingerprint density at radius 1 is 1.00 bits per heavy atom. The van der Waals surface area contributed by atoms with Gasteiger partial charge < -0.3 is 14.7 Å². The van der Waals surface area contributed by atoms with Gasteiger partial charge in [-0.15, -0.1) is 0 Å². The zero-order valence-electron chi connectivity index (χ0n) is 18.4. The van der Waals surface area contributed by atoms with Crippen molar-refractivity contribution < 1.29 is 19.0 Å². The Hall–Kier alpha value is -2.44. The number of benzene rings is 2. The first-order chi connectivity index (χ1) is 15.1. The molecule has 1 aliphatic heterocycles. The normalized spacial score (nSPS) is 16.6. The smallest absolute Gasteiger partial charge is 0.252 e. The van der Waals surface area contributed by atoms with E-state index in [4.69, 9.17) is 4.74 Å². The van der Waals surface area contributed by atoms with Crippen LogP contribution < -0.4 is 4.90 Å². The van der Waals surface area contributed by atoms with E-state index in [1.807, 2.05) is 29.2 Å². The number of amides is 1. The summed E-state index contributed by atoms with van der Waals surface area (Å²) in [5, 5.41) is 10.2. The predicted octanol–water partition coefficient (Wildman–Crippen LogP) is 4.87. The number of hydrogen-bond donors (Lipinski definition) is 1. The Morgan fingerprint density at radius 2 is 1.71 bits per heavy atom. The minimum Gasteiger partial charge on any atom is -0.505 e. The van der Waals surface area contributed by atoms with E-state index in [1.165, 1.54) is 13.2 Å². The van der Waals surface area contributed by atoms with Gasteiger partial charge >= 0.3 is 0 Å². The van der Waals surface area contributed by atoms with E-state index in [0.29, 0.717) is 25.2 Å². The first-order valence-electron chi connectivity index (χ1n) is 11.2. The van der Waals surface area contributed by atoms with Gasteiger partial charge in [0, 0.05) is 38.0 Å². The van der Waals surface area contributed by atoms with Gasteiger partial charge in [0.05, 0.1) is 0 Å². The molecule has 2 aromatic carbocycles. The van der Waals surface area contributed by atoms with E-state index in [2.05, 4.69) is 4.90 Å². The molecule has 0 unspecified atom stereocenters. The molecule has 3 rings (SSSR count). The van der Waals surface area contributed by atoms with Gasteiger partial charge in [0.2, 0.25) is 0 Å². The highest BCUT2D eigenvalue weighted by atomic mass is 19.1. The molecule has 1 aliphatic rings. The van der Waals surface area contributed by atoms with E-state index >= 15 is 0 Å². The molecule has 0 saturated heterocycles. The second kappa shape index (κ2) is 11.8. The minimum absolute atomic E-state index is 0.0425. The van der Waals surface area contributed by atoms with Gasteiger partial charge in [0.15, 0.2) is 11.6 Å². The average Bonchev–Trinajstić information content (AvgIpc) is 2.77. The van der Waals surface area contributed by atoms with Crippen molar-refractivity contribution >= 4 is 11.6 Å². The molecule has 0 bridgehead atoms. The summed E-state index contributed by atoms with van der Waals surface area (Å²) in [7, 11) is 1.54. The molecule has 0 atom stereocenters. The fourth-order valence-electron chi connectivity index (χ4n) is 4.18. The Balaban J connectivity index is 1.90. The fourth-order valence-corrected chi connectivity index (χ4v) is 4.18. The van der Waals surface area contributed by atoms with E-state index in [9.17, 15) is 14.3 Å². The van der Waals surface area contributed by atoms with Crippen LogP contribution in [-0.4, -0.2) is 42.7 Å². The monoisotopic (exact) mass is 428 g/mol. The fraction of sp³-hybridized carbons (Fsp3) is 0.480. The van der Waals surface area contributed by atoms with Crippen molar-refractivity contribution in [3.63, 3.8) is 0 Å². The summed E-state index contributed by atoms with van der Waals surface area (Å²) in [5.74, 6) is -0.921. The van der Waals surface area contributed by atoms with Gasteiger partial charge in [-0.1, -0.05) is 56.0 Å². The number of para-hydroxylation sites is 2. The SMILES string of the molecule is COCC(=O)N1CCCCCCCCN(Cc2cccc(F)c2O)Cc2ccccc21. The molecule has 2 aromatic rings. The molecule has 0 aliphatic carbocycles. The number of halogens is 1. The highest BCUT2D eigenvalue weighted by molar-refractivity contribution is 5.95. The lowest BCUT2D eigenvalue weighted by Crippen LogP contribution is -2.36. The highest BCUT2D eigenvalue weighted by Gasteiger charge is 2.20. The van der Waals surface area contributed by atoms with Crippen molar-refractivity contribution in [2.75, 3.05) is 31.7 Å². The first-order valence-corrected chi connectivity index (χ1v) is 11.2. The van der Waals surface area contributed by atoms with Crippen molar-refractivity contribution in [3.05, 3.63) is 59.4 Å². The van der Waals surface area contributed by atoms with Crippen LogP contribution in [0.1, 0.15) is 49.7 Å². The first kappa shape index (κ1) is 23.2. The molecule has 0 fully saturated rings. The third-order valence-corrected chi connectivity index (χ3v) is 5.82. The lowest BCUT2D eigenvalue weighted by atomic mass is 10.1. The standard InChI is InChI=1S/C25H33FN2O3/c1-31-19-24(29)28-16-9-5-3-2-4-8-15-27(17-20-11-6-7-14-23(20)28)18-21-12-10-13-22(26)25(21)30/h6-7,10-14,30H,2-5,8-9,15-19H2,1H3. The van der Waals surface area contributed by atoms with Crippen LogP contribution in [0, 0.1) is 5.82 Å². The van der Waals surface area contributed by atoms with E-state index in [0.717, 1.165) is 56.3 Å². The summed E-state index contributed by atoms with van der Waals surface area (Å²) in [6, 6.07) is 12.6. The van der Waals surface area contributed by atoms with Crippen LogP contribution in [0.15, 0.2) is 42.5 Å². The molecule has 0 saturated carbocycles. The molecular weight excluding hydrogens is 395 g/mol. The number of fused-ring (bicyclic) bond motifs is 1. The molecule has 1 heterocycles. The van der Waals surface area contributed by atoms with Gasteiger partial charge in [0.25, 0.3) is 5.91 Å². The molecule has 1 N–H and O–H groups in total. The Labute approximate surface area is 184 Å². The number of aromatic hydroxyl groups is 1. The highest BCUT2D eigenvalue weighted by Crippen LogP contribution is 2.27. The van der Waals surface area contributed by atoms with Crippen LogP contribution in [0.4, 0.5) is 10.1 Å².